The Labute approximate surface area is 113 Å². The third-order valence-corrected chi connectivity index (χ3v) is 2.90. The predicted octanol–water partition coefficient (Wildman–Crippen LogP) is -1.34. The number of carboxylic acids is 1. The number of phenolic OH excluding ortho intramolecular Hbond substituents is 1. The Morgan fingerprint density at radius 2 is 1.65 bits per heavy atom. The second-order valence-electron chi connectivity index (χ2n) is 4.35. The maximum atomic E-state index is 10.9. The highest BCUT2D eigenvalue weighted by Gasteiger charge is 2.48. The number of hydrogen-bond donors (Lipinski definition) is 5. The highest BCUT2D eigenvalue weighted by Crippen LogP contribution is 2.25. The van der Waals surface area contributed by atoms with Crippen LogP contribution in [0.1, 0.15) is 0 Å². The summed E-state index contributed by atoms with van der Waals surface area (Å²) in [5, 5.41) is 46.8. The fourth-order valence-corrected chi connectivity index (χ4v) is 1.81. The summed E-state index contributed by atoms with van der Waals surface area (Å²) in [6, 6.07) is 5.40. The monoisotopic (exact) mass is 286 g/mol. The molecule has 0 aromatic heterocycles. The van der Waals surface area contributed by atoms with E-state index >= 15 is 0 Å². The molecule has 0 aliphatic carbocycles. The van der Waals surface area contributed by atoms with E-state index in [0.717, 1.165) is 0 Å². The van der Waals surface area contributed by atoms with Gasteiger partial charge in [-0.2, -0.15) is 0 Å². The van der Waals surface area contributed by atoms with Crippen LogP contribution in [0.15, 0.2) is 24.3 Å². The van der Waals surface area contributed by atoms with E-state index in [4.69, 9.17) is 19.7 Å². The zero-order valence-electron chi connectivity index (χ0n) is 10.2. The maximum Gasteiger partial charge on any atom is 0.335 e. The molecule has 8 nitrogen and oxygen atoms in total. The standard InChI is InChI=1S/C12H14O8/c13-5-1-3-6(4-2-5)19-12-9(16)7(14)8(15)10(20-12)11(17)18/h1-4,7-10,12-16H,(H,17,18). The fraction of sp³-hybridized carbons (Fsp3) is 0.417. The molecule has 1 saturated heterocycles. The number of carboxylic acid groups (broad SMARTS) is 1. The number of hydrogen-bond acceptors (Lipinski definition) is 7. The van der Waals surface area contributed by atoms with E-state index in [1.165, 1.54) is 24.3 Å². The molecule has 2 rings (SSSR count). The van der Waals surface area contributed by atoms with Crippen LogP contribution in [-0.4, -0.2) is 62.2 Å². The van der Waals surface area contributed by atoms with Gasteiger partial charge in [0.15, 0.2) is 6.10 Å². The first-order valence-corrected chi connectivity index (χ1v) is 5.78. The molecule has 8 heteroatoms. The van der Waals surface area contributed by atoms with Crippen molar-refractivity contribution in [2.24, 2.45) is 0 Å². The number of aromatic hydroxyl groups is 1. The molecule has 1 aromatic rings. The minimum absolute atomic E-state index is 0.00123. The maximum absolute atomic E-state index is 10.9. The molecular formula is C12H14O8. The van der Waals surface area contributed by atoms with E-state index in [9.17, 15) is 20.1 Å². The molecule has 0 radical (unpaired) electrons. The van der Waals surface area contributed by atoms with Crippen LogP contribution < -0.4 is 4.74 Å². The minimum atomic E-state index is -1.76. The SMILES string of the molecule is O=C(O)C1OC(Oc2ccc(O)cc2)C(O)C(O)C1O. The lowest BCUT2D eigenvalue weighted by Crippen LogP contribution is -2.61. The molecule has 1 aliphatic rings. The summed E-state index contributed by atoms with van der Waals surface area (Å²) < 4.78 is 10.1. The van der Waals surface area contributed by atoms with Gasteiger partial charge in [0, 0.05) is 0 Å². The third kappa shape index (κ3) is 2.83. The van der Waals surface area contributed by atoms with Crippen LogP contribution in [-0.2, 0) is 9.53 Å². The number of ether oxygens (including phenoxy) is 2. The summed E-state index contributed by atoms with van der Waals surface area (Å²) in [6.45, 7) is 0. The topological polar surface area (TPSA) is 137 Å². The number of aliphatic hydroxyl groups is 3. The van der Waals surface area contributed by atoms with Crippen molar-refractivity contribution in [3.63, 3.8) is 0 Å². The molecule has 0 bridgehead atoms. The largest absolute Gasteiger partial charge is 0.508 e. The van der Waals surface area contributed by atoms with Gasteiger partial charge in [0.05, 0.1) is 0 Å². The number of aliphatic hydroxyl groups excluding tert-OH is 3. The van der Waals surface area contributed by atoms with E-state index in [1.807, 2.05) is 0 Å². The smallest absolute Gasteiger partial charge is 0.335 e. The highest BCUT2D eigenvalue weighted by atomic mass is 16.7. The molecule has 5 atom stereocenters. The van der Waals surface area contributed by atoms with E-state index in [1.54, 1.807) is 0 Å². The van der Waals surface area contributed by atoms with Gasteiger partial charge >= 0.3 is 5.97 Å². The van der Waals surface area contributed by atoms with Gasteiger partial charge in [-0.1, -0.05) is 0 Å². The van der Waals surface area contributed by atoms with E-state index in [2.05, 4.69) is 0 Å². The van der Waals surface area contributed by atoms with E-state index in [0.29, 0.717) is 0 Å². The lowest BCUT2D eigenvalue weighted by molar-refractivity contribution is -0.271. The quantitative estimate of drug-likeness (QED) is 0.460. The van der Waals surface area contributed by atoms with Gasteiger partial charge in [0.25, 0.3) is 0 Å². The van der Waals surface area contributed by atoms with Crippen molar-refractivity contribution >= 4 is 5.97 Å². The number of phenols is 1. The van der Waals surface area contributed by atoms with Crippen molar-refractivity contribution in [3.05, 3.63) is 24.3 Å². The van der Waals surface area contributed by atoms with Crippen LogP contribution in [0.5, 0.6) is 11.5 Å². The molecule has 1 heterocycles. The van der Waals surface area contributed by atoms with Gasteiger partial charge in [-0.15, -0.1) is 0 Å². The average Bonchev–Trinajstić information content (AvgIpc) is 2.41. The van der Waals surface area contributed by atoms with Crippen LogP contribution in [0, 0.1) is 0 Å². The Kier molecular flexibility index (Phi) is 4.09. The Bertz CT molecular complexity index is 473. The molecule has 5 N–H and O–H groups in total. The average molecular weight is 286 g/mol. The Balaban J connectivity index is 2.13. The first-order chi connectivity index (χ1) is 9.40. The normalized spacial score (nSPS) is 33.6. The Morgan fingerprint density at radius 3 is 2.20 bits per heavy atom. The molecule has 20 heavy (non-hydrogen) atoms. The van der Waals surface area contributed by atoms with Gasteiger partial charge in [0.2, 0.25) is 6.29 Å². The summed E-state index contributed by atoms with van der Waals surface area (Å²) in [5.41, 5.74) is 0. The van der Waals surface area contributed by atoms with Crippen LogP contribution in [0.2, 0.25) is 0 Å². The first-order valence-electron chi connectivity index (χ1n) is 5.78. The summed E-state index contributed by atoms with van der Waals surface area (Å²) in [6.07, 6.45) is -8.27. The van der Waals surface area contributed by atoms with Crippen molar-refractivity contribution < 1.29 is 39.8 Å². The van der Waals surface area contributed by atoms with Crippen molar-refractivity contribution in [1.82, 2.24) is 0 Å². The van der Waals surface area contributed by atoms with Gasteiger partial charge < -0.3 is 35.0 Å². The van der Waals surface area contributed by atoms with Crippen molar-refractivity contribution in [3.8, 4) is 11.5 Å². The van der Waals surface area contributed by atoms with Crippen LogP contribution >= 0.6 is 0 Å². The van der Waals surface area contributed by atoms with Crippen molar-refractivity contribution in [1.29, 1.82) is 0 Å². The van der Waals surface area contributed by atoms with E-state index < -0.39 is 36.7 Å². The lowest BCUT2D eigenvalue weighted by Gasteiger charge is -2.38. The number of rotatable bonds is 3. The second-order valence-corrected chi connectivity index (χ2v) is 4.35. The molecule has 5 unspecified atom stereocenters. The fourth-order valence-electron chi connectivity index (χ4n) is 1.81. The van der Waals surface area contributed by atoms with Crippen LogP contribution in [0.25, 0.3) is 0 Å². The number of benzene rings is 1. The molecule has 0 amide bonds. The first kappa shape index (κ1) is 14.5. The zero-order valence-corrected chi connectivity index (χ0v) is 10.2. The lowest BCUT2D eigenvalue weighted by atomic mass is 9.99. The Hall–Kier alpha value is -1.87. The summed E-state index contributed by atoms with van der Waals surface area (Å²) in [4.78, 5) is 10.9. The zero-order chi connectivity index (χ0) is 14.9. The summed E-state index contributed by atoms with van der Waals surface area (Å²) in [5.74, 6) is -1.29. The molecule has 1 fully saturated rings. The molecular weight excluding hydrogens is 272 g/mol. The number of carbonyl (C=O) groups is 1. The van der Waals surface area contributed by atoms with Gasteiger partial charge in [0.1, 0.15) is 29.8 Å². The molecule has 0 saturated carbocycles. The summed E-state index contributed by atoms with van der Waals surface area (Å²) >= 11 is 0. The van der Waals surface area contributed by atoms with Crippen molar-refractivity contribution in [2.75, 3.05) is 0 Å². The van der Waals surface area contributed by atoms with Gasteiger partial charge in [-0.25, -0.2) is 4.79 Å². The van der Waals surface area contributed by atoms with Gasteiger partial charge in [-0.05, 0) is 24.3 Å². The van der Waals surface area contributed by atoms with E-state index in [-0.39, 0.29) is 11.5 Å². The molecule has 1 aromatic carbocycles. The number of aliphatic carboxylic acids is 1. The third-order valence-electron chi connectivity index (χ3n) is 2.90. The van der Waals surface area contributed by atoms with Crippen LogP contribution in [0.4, 0.5) is 0 Å². The summed E-state index contributed by atoms with van der Waals surface area (Å²) in [7, 11) is 0. The molecule has 110 valence electrons. The molecule has 0 spiro atoms. The van der Waals surface area contributed by atoms with Crippen LogP contribution in [0.3, 0.4) is 0 Å². The Morgan fingerprint density at radius 1 is 1.05 bits per heavy atom. The second kappa shape index (κ2) is 5.63. The van der Waals surface area contributed by atoms with Crippen molar-refractivity contribution in [2.45, 2.75) is 30.7 Å². The predicted molar refractivity (Wildman–Crippen MR) is 63.1 cm³/mol. The highest BCUT2D eigenvalue weighted by molar-refractivity contribution is 5.73. The van der Waals surface area contributed by atoms with Gasteiger partial charge in [-0.3, -0.25) is 0 Å². The molecule has 1 aliphatic heterocycles. The minimum Gasteiger partial charge on any atom is -0.508 e.